The van der Waals surface area contributed by atoms with Crippen molar-refractivity contribution in [3.05, 3.63) is 243 Å². The van der Waals surface area contributed by atoms with Crippen molar-refractivity contribution >= 4 is 70.4 Å². The lowest BCUT2D eigenvalue weighted by molar-refractivity contribution is 1.18. The third-order valence-corrected chi connectivity index (χ3v) is 13.6. The first kappa shape index (κ1) is 36.8. The minimum absolute atomic E-state index is 1.09. The van der Waals surface area contributed by atoms with Gasteiger partial charge in [-0.15, -0.1) is 11.3 Å². The van der Waals surface area contributed by atoms with Gasteiger partial charge in [-0.1, -0.05) is 188 Å². The molecule has 0 amide bonds. The van der Waals surface area contributed by atoms with Gasteiger partial charge in [0.05, 0.1) is 27.1 Å². The van der Waals surface area contributed by atoms with Crippen molar-refractivity contribution in [3.8, 4) is 50.2 Å². The zero-order chi connectivity index (χ0) is 41.7. The van der Waals surface area contributed by atoms with Crippen LogP contribution >= 0.6 is 11.3 Å². The minimum atomic E-state index is 1.09. The van der Waals surface area contributed by atoms with Gasteiger partial charge in [0.2, 0.25) is 0 Å². The highest BCUT2D eigenvalue weighted by Gasteiger charge is 2.22. The number of aromatic nitrogens is 1. The summed E-state index contributed by atoms with van der Waals surface area (Å²) in [5, 5.41) is 5.06. The lowest BCUT2D eigenvalue weighted by atomic mass is 9.92. The van der Waals surface area contributed by atoms with Crippen molar-refractivity contribution < 1.29 is 0 Å². The molecule has 3 heteroatoms. The van der Waals surface area contributed by atoms with Crippen molar-refractivity contribution in [3.63, 3.8) is 0 Å². The van der Waals surface area contributed by atoms with Crippen molar-refractivity contribution in [1.82, 2.24) is 4.57 Å². The molecule has 63 heavy (non-hydrogen) atoms. The Balaban J connectivity index is 1.04. The molecule has 0 N–H and O–H groups in total. The second-order valence-corrected chi connectivity index (χ2v) is 17.1. The summed E-state index contributed by atoms with van der Waals surface area (Å²) in [5.41, 5.74) is 16.4. The number of hydrogen-bond acceptors (Lipinski definition) is 2. The molecular formula is C60H40N2S. The third-order valence-electron chi connectivity index (χ3n) is 12.4. The zero-order valence-corrected chi connectivity index (χ0v) is 35.2. The molecule has 0 aliphatic rings. The van der Waals surface area contributed by atoms with E-state index in [0.717, 1.165) is 22.7 Å². The summed E-state index contributed by atoms with van der Waals surface area (Å²) in [6.45, 7) is 0. The number of nitrogens with zero attached hydrogens (tertiary/aromatic N) is 2. The van der Waals surface area contributed by atoms with Crippen LogP contribution < -0.4 is 4.90 Å². The Morgan fingerprint density at radius 3 is 1.51 bits per heavy atom. The maximum absolute atomic E-state index is 2.45. The van der Waals surface area contributed by atoms with Crippen LogP contribution in [-0.4, -0.2) is 4.57 Å². The van der Waals surface area contributed by atoms with Crippen molar-refractivity contribution in [2.45, 2.75) is 0 Å². The van der Waals surface area contributed by atoms with Crippen LogP contribution in [0.2, 0.25) is 0 Å². The normalized spacial score (nSPS) is 11.5. The van der Waals surface area contributed by atoms with Crippen LogP contribution in [0.15, 0.2) is 243 Å². The SMILES string of the molecule is c1ccc(-c2ccc(-c3ccc(N(c4ccc(-c5ccccc5-n5c6ccccc6c6ccccc65)c(-c5ccccc5)c4)c4cccc5c4sc4ccccc45)cc3)cc2)cc1. The van der Waals surface area contributed by atoms with E-state index in [2.05, 4.69) is 252 Å². The molecular weight excluding hydrogens is 781 g/mol. The van der Waals surface area contributed by atoms with Gasteiger partial charge in [-0.05, 0) is 93.5 Å². The molecule has 2 heterocycles. The van der Waals surface area contributed by atoms with Crippen LogP contribution in [0.4, 0.5) is 17.1 Å². The van der Waals surface area contributed by atoms with Gasteiger partial charge in [0.1, 0.15) is 0 Å². The van der Waals surface area contributed by atoms with Gasteiger partial charge < -0.3 is 9.47 Å². The highest BCUT2D eigenvalue weighted by Crippen LogP contribution is 2.47. The van der Waals surface area contributed by atoms with Gasteiger partial charge in [-0.25, -0.2) is 0 Å². The van der Waals surface area contributed by atoms with E-state index in [1.54, 1.807) is 0 Å². The molecule has 2 aromatic heterocycles. The first-order valence-electron chi connectivity index (χ1n) is 21.5. The summed E-state index contributed by atoms with van der Waals surface area (Å²) < 4.78 is 4.99. The number of fused-ring (bicyclic) bond motifs is 6. The quantitative estimate of drug-likeness (QED) is 0.148. The lowest BCUT2D eigenvalue weighted by Crippen LogP contribution is -2.10. The summed E-state index contributed by atoms with van der Waals surface area (Å²) in [6.07, 6.45) is 0. The number of anilines is 3. The zero-order valence-electron chi connectivity index (χ0n) is 34.4. The van der Waals surface area contributed by atoms with Crippen molar-refractivity contribution in [2.24, 2.45) is 0 Å². The summed E-state index contributed by atoms with van der Waals surface area (Å²) in [4.78, 5) is 2.45. The summed E-state index contributed by atoms with van der Waals surface area (Å²) >= 11 is 1.86. The number of rotatable bonds is 8. The van der Waals surface area contributed by atoms with E-state index in [-0.39, 0.29) is 0 Å². The molecule has 0 atom stereocenters. The summed E-state index contributed by atoms with van der Waals surface area (Å²) in [5.74, 6) is 0. The third kappa shape index (κ3) is 6.41. The van der Waals surface area contributed by atoms with Crippen molar-refractivity contribution in [2.75, 3.05) is 4.90 Å². The van der Waals surface area contributed by atoms with Gasteiger partial charge in [-0.3, -0.25) is 0 Å². The highest BCUT2D eigenvalue weighted by atomic mass is 32.1. The molecule has 0 spiro atoms. The van der Waals surface area contributed by atoms with Gasteiger partial charge in [0.15, 0.2) is 0 Å². The summed E-state index contributed by atoms with van der Waals surface area (Å²) in [6, 6.07) is 88.4. The Labute approximate surface area is 370 Å². The molecule has 0 fully saturated rings. The molecule has 12 aromatic rings. The van der Waals surface area contributed by atoms with E-state index in [1.165, 1.54) is 86.5 Å². The van der Waals surface area contributed by atoms with Crippen LogP contribution in [0, 0.1) is 0 Å². The van der Waals surface area contributed by atoms with Crippen LogP contribution in [0.5, 0.6) is 0 Å². The lowest BCUT2D eigenvalue weighted by Gasteiger charge is -2.28. The molecule has 0 unspecified atom stereocenters. The average Bonchev–Trinajstić information content (AvgIpc) is 3.91. The largest absolute Gasteiger partial charge is 0.309 e. The smallest absolute Gasteiger partial charge is 0.0640 e. The number of hydrogen-bond donors (Lipinski definition) is 0. The van der Waals surface area contributed by atoms with E-state index in [9.17, 15) is 0 Å². The Bertz CT molecular complexity index is 3550. The molecule has 296 valence electrons. The van der Waals surface area contributed by atoms with E-state index in [1.807, 2.05) is 11.3 Å². The Hall–Kier alpha value is -7.98. The number of thiophene rings is 1. The van der Waals surface area contributed by atoms with E-state index in [4.69, 9.17) is 0 Å². The maximum Gasteiger partial charge on any atom is 0.0640 e. The Morgan fingerprint density at radius 1 is 0.317 bits per heavy atom. The second kappa shape index (κ2) is 15.5. The van der Waals surface area contributed by atoms with Crippen molar-refractivity contribution in [1.29, 1.82) is 0 Å². The van der Waals surface area contributed by atoms with Gasteiger partial charge in [0, 0.05) is 43.2 Å². The first-order valence-corrected chi connectivity index (χ1v) is 22.3. The van der Waals surface area contributed by atoms with E-state index < -0.39 is 0 Å². The van der Waals surface area contributed by atoms with Gasteiger partial charge in [-0.2, -0.15) is 0 Å². The Kier molecular flexibility index (Phi) is 9.06. The Morgan fingerprint density at radius 2 is 0.825 bits per heavy atom. The van der Waals surface area contributed by atoms with Crippen LogP contribution in [0.3, 0.4) is 0 Å². The molecule has 0 saturated carbocycles. The number of para-hydroxylation sites is 3. The van der Waals surface area contributed by atoms with Gasteiger partial charge in [0.25, 0.3) is 0 Å². The maximum atomic E-state index is 2.45. The average molecular weight is 821 g/mol. The molecule has 0 saturated heterocycles. The summed E-state index contributed by atoms with van der Waals surface area (Å²) in [7, 11) is 0. The predicted molar refractivity (Wildman–Crippen MR) is 270 cm³/mol. The topological polar surface area (TPSA) is 8.17 Å². The van der Waals surface area contributed by atoms with Crippen LogP contribution in [0.25, 0.3) is 92.2 Å². The fourth-order valence-electron chi connectivity index (χ4n) is 9.47. The second-order valence-electron chi connectivity index (χ2n) is 16.1. The molecule has 10 aromatic carbocycles. The van der Waals surface area contributed by atoms with E-state index >= 15 is 0 Å². The predicted octanol–water partition coefficient (Wildman–Crippen LogP) is 17.3. The highest BCUT2D eigenvalue weighted by molar-refractivity contribution is 7.26. The van der Waals surface area contributed by atoms with E-state index in [0.29, 0.717) is 0 Å². The van der Waals surface area contributed by atoms with Gasteiger partial charge >= 0.3 is 0 Å². The molecule has 0 aliphatic carbocycles. The minimum Gasteiger partial charge on any atom is -0.309 e. The molecule has 0 radical (unpaired) electrons. The first-order chi connectivity index (χ1) is 31.3. The molecule has 12 rings (SSSR count). The molecule has 2 nitrogen and oxygen atoms in total. The molecule has 0 aliphatic heterocycles. The molecule has 0 bridgehead atoms. The monoisotopic (exact) mass is 820 g/mol. The van der Waals surface area contributed by atoms with Crippen LogP contribution in [-0.2, 0) is 0 Å². The fraction of sp³-hybridized carbons (Fsp3) is 0. The number of benzene rings is 10. The fourth-order valence-corrected chi connectivity index (χ4v) is 10.7. The van der Waals surface area contributed by atoms with Crippen LogP contribution in [0.1, 0.15) is 0 Å². The standard InChI is InChI=1S/C60H40N2S/c1-3-16-41(17-4-1)42-30-32-43(33-31-42)44-34-36-46(37-35-44)61(58-28-15-24-53-52-23-10-14-29-59(52)63-60(53)58)47-38-39-48(54(40-47)45-18-5-2-6-19-45)49-20-7-11-25-55(49)62-56-26-12-8-21-50(56)51-22-9-13-27-57(51)62/h1-40H.